The second-order valence-electron chi connectivity index (χ2n) is 13.4. The molecule has 12 heteroatoms. The zero-order valence-electron chi connectivity index (χ0n) is 29.4. The van der Waals surface area contributed by atoms with Crippen molar-refractivity contribution in [3.8, 4) is 0 Å². The summed E-state index contributed by atoms with van der Waals surface area (Å²) >= 11 is 0. The van der Waals surface area contributed by atoms with Crippen LogP contribution < -0.4 is 21.4 Å². The van der Waals surface area contributed by atoms with Crippen LogP contribution in [0, 0.1) is 0 Å². The van der Waals surface area contributed by atoms with Crippen molar-refractivity contribution in [1.29, 1.82) is 0 Å². The lowest BCUT2D eigenvalue weighted by Crippen LogP contribution is -2.45. The van der Waals surface area contributed by atoms with Crippen LogP contribution >= 0.6 is 0 Å². The molecule has 6 N–H and O–H groups in total. The van der Waals surface area contributed by atoms with E-state index in [-0.39, 0.29) is 0 Å². The van der Waals surface area contributed by atoms with Crippen LogP contribution in [0.3, 0.4) is 0 Å². The maximum Gasteiger partial charge on any atom is 0.210 e. The van der Waals surface area contributed by atoms with E-state index in [0.717, 1.165) is 67.0 Å². The first kappa shape index (κ1) is 33.4. The zero-order valence-corrected chi connectivity index (χ0v) is 29.4. The average Bonchev–Trinajstić information content (AvgIpc) is 4.01. The highest BCUT2D eigenvalue weighted by molar-refractivity contribution is 6.20. The number of allylic oxidation sites excluding steroid dienone is 6. The summed E-state index contributed by atoms with van der Waals surface area (Å²) in [7, 11) is 3.29. The monoisotopic (exact) mass is 716 g/mol. The van der Waals surface area contributed by atoms with E-state index < -0.39 is 23.7 Å². The zero-order chi connectivity index (χ0) is 36.9. The Morgan fingerprint density at radius 1 is 0.574 bits per heavy atom. The first-order valence-corrected chi connectivity index (χ1v) is 17.4. The van der Waals surface area contributed by atoms with Gasteiger partial charge in [-0.2, -0.15) is 0 Å². The van der Waals surface area contributed by atoms with E-state index in [4.69, 9.17) is 19.5 Å². The molecule has 10 heterocycles. The first-order chi connectivity index (χ1) is 26.2. The second-order valence-corrected chi connectivity index (χ2v) is 13.4. The maximum atomic E-state index is 10.7. The fourth-order valence-corrected chi connectivity index (χ4v) is 6.99. The lowest BCUT2D eigenvalue weighted by Gasteiger charge is -2.30. The molecule has 12 nitrogen and oxygen atoms in total. The number of fused-ring (bicyclic) bond motifs is 12. The van der Waals surface area contributed by atoms with Crippen molar-refractivity contribution in [2.45, 2.75) is 23.7 Å². The Kier molecular flexibility index (Phi) is 8.17. The highest BCUT2D eigenvalue weighted by Gasteiger charge is 2.43. The van der Waals surface area contributed by atoms with Crippen LogP contribution in [0.4, 0.5) is 0 Å². The number of aliphatic hydroxyl groups is 2. The number of hydrogen-bond donors (Lipinski definition) is 6. The molecule has 4 unspecified atom stereocenters. The first-order valence-electron chi connectivity index (χ1n) is 17.4. The number of aliphatic hydroxyl groups excluding tert-OH is 1. The van der Waals surface area contributed by atoms with Crippen molar-refractivity contribution >= 4 is 53.2 Å². The Balaban J connectivity index is 0.000000143. The van der Waals surface area contributed by atoms with E-state index in [1.54, 1.807) is 32.4 Å². The third-order valence-electron chi connectivity index (χ3n) is 9.63. The number of hydrogen-bond acceptors (Lipinski definition) is 8. The molecule has 0 amide bonds. The minimum atomic E-state index is -1.70. The fourth-order valence-electron chi connectivity index (χ4n) is 6.99. The fraction of sp³-hybridized carbons (Fsp3) is 0.143. The molecule has 0 aromatic carbocycles. The Labute approximate surface area is 308 Å². The van der Waals surface area contributed by atoms with Gasteiger partial charge < -0.3 is 39.6 Å². The van der Waals surface area contributed by atoms with E-state index in [2.05, 4.69) is 36.0 Å². The van der Waals surface area contributed by atoms with E-state index >= 15 is 0 Å². The summed E-state index contributed by atoms with van der Waals surface area (Å²) in [4.78, 5) is 31.6. The highest BCUT2D eigenvalue weighted by Crippen LogP contribution is 2.33. The lowest BCUT2D eigenvalue weighted by atomic mass is 10.0. The molecule has 0 fully saturated rings. The molecular weight excluding hydrogens is 681 g/mol. The van der Waals surface area contributed by atoms with Crippen LogP contribution in [0.5, 0.6) is 0 Å². The molecule has 6 aliphatic heterocycles. The van der Waals surface area contributed by atoms with Gasteiger partial charge >= 0.3 is 0 Å². The standard InChI is InChI=1S/C22H20N4O2.C20H16N4O2/c1-27-21-20-8-7-18(25-20)12-16-4-3-14(23-16)11-15-5-6-17(24-15)13-19-9-10-22(21,26-19)28-2;25-19-18-6-5-16(23-18)10-14-2-1-12(21-14)9-13-3-4-15(22-13)11-17-7-8-20(19,26)24-17/h3-13,21,23-24H,1-2H3;1-11,19,21,23,25-26H. The number of aliphatic imine (C=N–C) groups is 4. The van der Waals surface area contributed by atoms with Gasteiger partial charge in [-0.1, -0.05) is 0 Å². The van der Waals surface area contributed by atoms with Crippen LogP contribution in [0.1, 0.15) is 28.9 Å². The molecular formula is C42H36N8O4. The van der Waals surface area contributed by atoms with Crippen molar-refractivity contribution in [3.05, 3.63) is 159 Å². The molecule has 268 valence electrons. The minimum absolute atomic E-state index is 0.457. The number of H-pyrrole nitrogens is 4. The quantitative estimate of drug-likeness (QED) is 0.187. The minimum Gasteiger partial charge on any atom is -0.381 e. The number of nitrogens with zero attached hydrogens (tertiary/aromatic N) is 4. The summed E-state index contributed by atoms with van der Waals surface area (Å²) in [6.07, 6.45) is 24.9. The number of aromatic nitrogens is 4. The van der Waals surface area contributed by atoms with Gasteiger partial charge in [0.1, 0.15) is 6.10 Å². The van der Waals surface area contributed by atoms with Crippen molar-refractivity contribution in [2.24, 2.45) is 20.0 Å². The summed E-state index contributed by atoms with van der Waals surface area (Å²) in [6, 6.07) is 15.7. The summed E-state index contributed by atoms with van der Waals surface area (Å²) in [6.45, 7) is 0. The van der Waals surface area contributed by atoms with Gasteiger partial charge in [0, 0.05) is 58.4 Å². The Hall–Kier alpha value is -6.44. The third kappa shape index (κ3) is 6.44. The number of ether oxygens (including phenoxy) is 2. The Morgan fingerprint density at radius 2 is 1.19 bits per heavy atom. The van der Waals surface area contributed by atoms with Crippen molar-refractivity contribution in [2.75, 3.05) is 14.2 Å². The summed E-state index contributed by atoms with van der Waals surface area (Å²) in [5, 5.41) is 25.2. The molecule has 0 radical (unpaired) electrons. The van der Waals surface area contributed by atoms with Gasteiger partial charge in [0.05, 0.1) is 34.2 Å². The molecule has 16 bridgehead atoms. The van der Waals surface area contributed by atoms with E-state index in [1.807, 2.05) is 103 Å². The lowest BCUT2D eigenvalue weighted by molar-refractivity contribution is -0.0481. The number of methoxy groups -OCH3 is 2. The van der Waals surface area contributed by atoms with Crippen LogP contribution in [0.25, 0.3) is 30.4 Å². The molecule has 0 aliphatic carbocycles. The van der Waals surface area contributed by atoms with Gasteiger partial charge in [0.2, 0.25) is 11.4 Å². The van der Waals surface area contributed by atoms with Crippen LogP contribution in [0.15, 0.2) is 135 Å². The normalized spacial score (nSPS) is 25.6. The van der Waals surface area contributed by atoms with E-state index in [0.29, 0.717) is 11.4 Å². The highest BCUT2D eigenvalue weighted by atomic mass is 16.5. The predicted octanol–water partition coefficient (Wildman–Crippen LogP) is 2.28. The van der Waals surface area contributed by atoms with Crippen molar-refractivity contribution in [3.63, 3.8) is 0 Å². The van der Waals surface area contributed by atoms with Crippen LogP contribution in [-0.4, -0.2) is 84.8 Å². The van der Waals surface area contributed by atoms with Gasteiger partial charge in [-0.25, -0.2) is 15.0 Å². The third-order valence-corrected chi connectivity index (χ3v) is 9.63. The molecule has 4 aromatic rings. The second kappa shape index (κ2) is 13.2. The smallest absolute Gasteiger partial charge is 0.210 e. The van der Waals surface area contributed by atoms with Gasteiger partial charge in [-0.15, -0.1) is 0 Å². The molecule has 4 aromatic heterocycles. The molecule has 0 saturated heterocycles. The molecule has 4 atom stereocenters. The topological polar surface area (TPSA) is 172 Å². The summed E-state index contributed by atoms with van der Waals surface area (Å²) < 4.78 is 11.6. The SMILES string of the molecule is COC1C2=NC(=Cc3ccc([nH]3)C=c3ccc([nH]3)=CC3=NC1(OC)C=C3)C=C2.OC1c2ccc([nH]2)C=c2ccc([nH]2)=CC2=NC(=CC3=NC1(O)C=C3)C=C2. The molecule has 0 saturated carbocycles. The predicted molar refractivity (Wildman–Crippen MR) is 211 cm³/mol. The maximum absolute atomic E-state index is 10.7. The average molecular weight is 717 g/mol. The van der Waals surface area contributed by atoms with Crippen molar-refractivity contribution in [1.82, 2.24) is 19.9 Å². The van der Waals surface area contributed by atoms with Crippen LogP contribution in [-0.2, 0) is 9.47 Å². The largest absolute Gasteiger partial charge is 0.381 e. The summed E-state index contributed by atoms with van der Waals surface area (Å²) in [5.41, 5.74) is 5.23. The summed E-state index contributed by atoms with van der Waals surface area (Å²) in [5.74, 6) is 0. The number of aromatic amines is 4. The van der Waals surface area contributed by atoms with Gasteiger partial charge in [0.25, 0.3) is 0 Å². The molecule has 6 aliphatic rings. The van der Waals surface area contributed by atoms with Gasteiger partial charge in [-0.05, 0) is 134 Å². The molecule has 0 spiro atoms. The molecule has 10 rings (SSSR count). The van der Waals surface area contributed by atoms with Crippen molar-refractivity contribution < 1.29 is 19.7 Å². The Bertz CT molecular complexity index is 2750. The van der Waals surface area contributed by atoms with E-state index in [9.17, 15) is 10.2 Å². The Morgan fingerprint density at radius 3 is 1.93 bits per heavy atom. The number of rotatable bonds is 2. The van der Waals surface area contributed by atoms with Crippen LogP contribution in [0.2, 0.25) is 0 Å². The van der Waals surface area contributed by atoms with Gasteiger partial charge in [0.15, 0.2) is 6.10 Å². The van der Waals surface area contributed by atoms with Gasteiger partial charge in [-0.3, -0.25) is 4.99 Å². The number of nitrogens with one attached hydrogen (secondary N) is 4. The molecule has 54 heavy (non-hydrogen) atoms. The van der Waals surface area contributed by atoms with E-state index in [1.165, 1.54) is 6.08 Å².